The van der Waals surface area contributed by atoms with E-state index in [0.29, 0.717) is 26.7 Å². The summed E-state index contributed by atoms with van der Waals surface area (Å²) in [6.07, 6.45) is 0. The Kier molecular flexibility index (Phi) is 7.18. The molecule has 0 radical (unpaired) electrons. The van der Waals surface area contributed by atoms with Crippen LogP contribution in [0.5, 0.6) is 0 Å². The Morgan fingerprint density at radius 2 is 1.73 bits per heavy atom. The predicted octanol–water partition coefficient (Wildman–Crippen LogP) is 5.03. The van der Waals surface area contributed by atoms with Gasteiger partial charge in [-0.25, -0.2) is 0 Å². The van der Waals surface area contributed by atoms with Crippen LogP contribution in [-0.2, 0) is 19.1 Å². The number of hydrogen-bond acceptors (Lipinski definition) is 7. The van der Waals surface area contributed by atoms with Crippen LogP contribution in [-0.4, -0.2) is 30.1 Å². The minimum Gasteiger partial charge on any atom is -0.465 e. The number of benzene rings is 2. The van der Waals surface area contributed by atoms with Crippen LogP contribution in [0.1, 0.15) is 25.5 Å². The number of anilines is 1. The van der Waals surface area contributed by atoms with Crippen LogP contribution in [0.2, 0.25) is 10.0 Å². The molecule has 1 N–H and O–H groups in total. The molecule has 30 heavy (non-hydrogen) atoms. The Morgan fingerprint density at radius 3 is 2.37 bits per heavy atom. The second-order valence-electron chi connectivity index (χ2n) is 6.26. The van der Waals surface area contributed by atoms with E-state index in [1.165, 1.54) is 0 Å². The van der Waals surface area contributed by atoms with Crippen molar-refractivity contribution in [2.24, 2.45) is 5.92 Å². The number of carbonyl (C=O) groups excluding carboxylic acids is 2. The molecule has 0 spiro atoms. The molecule has 1 aromatic heterocycles. The van der Waals surface area contributed by atoms with Crippen molar-refractivity contribution in [2.45, 2.75) is 19.9 Å². The zero-order valence-corrected chi connectivity index (χ0v) is 17.9. The lowest BCUT2D eigenvalue weighted by molar-refractivity contribution is -0.162. The number of fused-ring (bicyclic) bond motifs is 1. The number of oxazole rings is 1. The van der Waals surface area contributed by atoms with E-state index in [1.807, 2.05) is 0 Å². The number of nitrogens with one attached hydrogen (secondary N) is 1. The molecule has 7 nitrogen and oxygen atoms in total. The molecule has 0 amide bonds. The van der Waals surface area contributed by atoms with Crippen molar-refractivity contribution in [1.29, 1.82) is 0 Å². The highest BCUT2D eigenvalue weighted by Crippen LogP contribution is 2.34. The molecule has 0 aliphatic rings. The van der Waals surface area contributed by atoms with E-state index in [9.17, 15) is 9.59 Å². The maximum absolute atomic E-state index is 12.7. The molecule has 0 aliphatic heterocycles. The number of hydrogen-bond donors (Lipinski definition) is 1. The topological polar surface area (TPSA) is 90.7 Å². The third kappa shape index (κ3) is 4.86. The first-order chi connectivity index (χ1) is 14.4. The minimum atomic E-state index is -1.33. The van der Waals surface area contributed by atoms with Crippen LogP contribution in [0.4, 0.5) is 6.01 Å². The summed E-state index contributed by atoms with van der Waals surface area (Å²) in [4.78, 5) is 29.8. The summed E-state index contributed by atoms with van der Waals surface area (Å²) < 4.78 is 16.0. The molecule has 0 aliphatic carbocycles. The van der Waals surface area contributed by atoms with Crippen LogP contribution in [0.15, 0.2) is 46.9 Å². The zero-order chi connectivity index (χ0) is 21.7. The van der Waals surface area contributed by atoms with Crippen LogP contribution in [0.25, 0.3) is 11.1 Å². The second-order valence-corrected chi connectivity index (χ2v) is 7.10. The number of rotatable bonds is 8. The van der Waals surface area contributed by atoms with Crippen molar-refractivity contribution in [3.8, 4) is 0 Å². The van der Waals surface area contributed by atoms with Crippen LogP contribution in [0.3, 0.4) is 0 Å². The third-order valence-electron chi connectivity index (χ3n) is 4.28. The normalized spacial score (nSPS) is 12.0. The monoisotopic (exact) mass is 450 g/mol. The average Bonchev–Trinajstić information content (AvgIpc) is 3.10. The van der Waals surface area contributed by atoms with Crippen LogP contribution in [0, 0.1) is 5.92 Å². The molecule has 0 saturated carbocycles. The van der Waals surface area contributed by atoms with Gasteiger partial charge in [-0.15, -0.1) is 0 Å². The van der Waals surface area contributed by atoms with E-state index in [4.69, 9.17) is 37.1 Å². The molecule has 0 bridgehead atoms. The molecular formula is C21H20Cl2N2O5. The number of nitrogens with zero attached hydrogens (tertiary/aromatic N) is 1. The molecular weight excluding hydrogens is 431 g/mol. The molecule has 3 rings (SSSR count). The largest absolute Gasteiger partial charge is 0.465 e. The first kappa shape index (κ1) is 21.9. The van der Waals surface area contributed by atoms with Crippen molar-refractivity contribution in [3.05, 3.63) is 58.1 Å². The fraction of sp³-hybridized carbons (Fsp3) is 0.286. The Bertz CT molecular complexity index is 1030. The number of halogens is 2. The summed E-state index contributed by atoms with van der Waals surface area (Å²) in [7, 11) is 0. The minimum absolute atomic E-state index is 0.0933. The number of carbonyl (C=O) groups is 2. The number of aromatic nitrogens is 1. The summed E-state index contributed by atoms with van der Waals surface area (Å²) in [6.45, 7) is 3.52. The Balaban J connectivity index is 2.06. The second kappa shape index (κ2) is 9.82. The van der Waals surface area contributed by atoms with E-state index in [0.717, 1.165) is 0 Å². The lowest BCUT2D eigenvalue weighted by Crippen LogP contribution is -2.37. The molecule has 0 saturated heterocycles. The first-order valence-electron chi connectivity index (χ1n) is 9.34. The average molecular weight is 451 g/mol. The lowest BCUT2D eigenvalue weighted by atomic mass is 9.92. The highest BCUT2D eigenvalue weighted by molar-refractivity contribution is 6.31. The van der Waals surface area contributed by atoms with Gasteiger partial charge in [0, 0.05) is 10.0 Å². The fourth-order valence-corrected chi connectivity index (χ4v) is 3.42. The summed E-state index contributed by atoms with van der Waals surface area (Å²) in [5.74, 6) is -2.82. The number of esters is 2. The van der Waals surface area contributed by atoms with Gasteiger partial charge in [0.2, 0.25) is 0 Å². The van der Waals surface area contributed by atoms with Gasteiger partial charge in [0.05, 0.1) is 19.3 Å². The Hall–Kier alpha value is -2.77. The van der Waals surface area contributed by atoms with Gasteiger partial charge in [-0.3, -0.25) is 9.59 Å². The van der Waals surface area contributed by atoms with Gasteiger partial charge in [0.1, 0.15) is 5.52 Å². The van der Waals surface area contributed by atoms with E-state index in [-0.39, 0.29) is 19.2 Å². The van der Waals surface area contributed by atoms with E-state index >= 15 is 0 Å². The molecule has 3 aromatic rings. The van der Waals surface area contributed by atoms with Crippen molar-refractivity contribution in [3.63, 3.8) is 0 Å². The van der Waals surface area contributed by atoms with Gasteiger partial charge in [0.15, 0.2) is 11.5 Å². The van der Waals surface area contributed by atoms with E-state index in [1.54, 1.807) is 56.3 Å². The molecule has 0 fully saturated rings. The molecule has 2 aromatic carbocycles. The summed E-state index contributed by atoms with van der Waals surface area (Å²) in [6, 6.07) is 11.0. The summed E-state index contributed by atoms with van der Waals surface area (Å²) >= 11 is 12.4. The van der Waals surface area contributed by atoms with E-state index < -0.39 is 23.9 Å². The fourth-order valence-electron chi connectivity index (χ4n) is 3.00. The molecule has 1 atom stereocenters. The van der Waals surface area contributed by atoms with Gasteiger partial charge < -0.3 is 19.2 Å². The highest BCUT2D eigenvalue weighted by Gasteiger charge is 2.40. The molecule has 1 unspecified atom stereocenters. The summed E-state index contributed by atoms with van der Waals surface area (Å²) in [5.41, 5.74) is 1.50. The lowest BCUT2D eigenvalue weighted by Gasteiger charge is -2.25. The van der Waals surface area contributed by atoms with Crippen LogP contribution >= 0.6 is 23.2 Å². The van der Waals surface area contributed by atoms with Crippen LogP contribution < -0.4 is 5.32 Å². The van der Waals surface area contributed by atoms with Gasteiger partial charge in [-0.1, -0.05) is 41.4 Å². The summed E-state index contributed by atoms with van der Waals surface area (Å²) in [5, 5.41) is 3.87. The predicted molar refractivity (Wildman–Crippen MR) is 114 cm³/mol. The quantitative estimate of drug-likeness (QED) is 0.380. The maximum Gasteiger partial charge on any atom is 0.322 e. The van der Waals surface area contributed by atoms with Crippen molar-refractivity contribution in [2.75, 3.05) is 18.5 Å². The molecule has 9 heteroatoms. The third-order valence-corrected chi connectivity index (χ3v) is 4.86. The van der Waals surface area contributed by atoms with Gasteiger partial charge >= 0.3 is 11.9 Å². The van der Waals surface area contributed by atoms with Crippen molar-refractivity contribution >= 4 is 52.3 Å². The first-order valence-corrected chi connectivity index (χ1v) is 10.1. The maximum atomic E-state index is 12.7. The van der Waals surface area contributed by atoms with Crippen molar-refractivity contribution < 1.29 is 23.5 Å². The zero-order valence-electron chi connectivity index (χ0n) is 16.4. The van der Waals surface area contributed by atoms with Gasteiger partial charge in [0.25, 0.3) is 6.01 Å². The molecule has 158 valence electrons. The smallest absolute Gasteiger partial charge is 0.322 e. The van der Waals surface area contributed by atoms with Gasteiger partial charge in [-0.2, -0.15) is 4.98 Å². The van der Waals surface area contributed by atoms with Gasteiger partial charge in [-0.05, 0) is 43.7 Å². The highest BCUT2D eigenvalue weighted by atomic mass is 35.5. The van der Waals surface area contributed by atoms with E-state index in [2.05, 4.69) is 10.3 Å². The Morgan fingerprint density at radius 1 is 1.07 bits per heavy atom. The standard InChI is InChI=1S/C21H20Cl2N2O5/c1-3-28-19(26)17(20(27)29-4-2)18(13-7-5-6-8-14(13)23)25-21-24-15-11-12(22)9-10-16(15)30-21/h5-11,17-18H,3-4H2,1-2H3,(H,24,25). The SMILES string of the molecule is CCOC(=O)C(C(=O)OCC)C(Nc1nc2cc(Cl)ccc2o1)c1ccccc1Cl. The number of ether oxygens (including phenoxy) is 2. The van der Waals surface area contributed by atoms with Crippen molar-refractivity contribution in [1.82, 2.24) is 4.98 Å². The Labute approximate surface area is 183 Å². The molecule has 1 heterocycles.